The molecule has 0 saturated carbocycles. The van der Waals surface area contributed by atoms with Crippen molar-refractivity contribution in [1.82, 2.24) is 9.97 Å². The highest BCUT2D eigenvalue weighted by Gasteiger charge is 2.34. The molecule has 2 aromatic heterocycles. The van der Waals surface area contributed by atoms with E-state index >= 15 is 0 Å². The van der Waals surface area contributed by atoms with Crippen LogP contribution >= 0.6 is 0 Å². The number of aliphatic imine (C=N–C) groups is 1. The van der Waals surface area contributed by atoms with Gasteiger partial charge in [-0.1, -0.05) is 6.08 Å². The van der Waals surface area contributed by atoms with Crippen LogP contribution in [-0.4, -0.2) is 52.4 Å². The van der Waals surface area contributed by atoms with Crippen LogP contribution in [0, 0.1) is 0 Å². The number of esters is 1. The quantitative estimate of drug-likeness (QED) is 0.433. The van der Waals surface area contributed by atoms with Crippen molar-refractivity contribution in [3.05, 3.63) is 71.4 Å². The predicted molar refractivity (Wildman–Crippen MR) is 110 cm³/mol. The molecule has 0 saturated heterocycles. The molecule has 30 heavy (non-hydrogen) atoms. The van der Waals surface area contributed by atoms with E-state index in [9.17, 15) is 9.59 Å². The molecule has 0 fully saturated rings. The second-order valence-electron chi connectivity index (χ2n) is 6.58. The van der Waals surface area contributed by atoms with Gasteiger partial charge in [0.2, 0.25) is 5.78 Å². The molecular formula is C22H19N3O5. The van der Waals surface area contributed by atoms with Crippen molar-refractivity contribution >= 4 is 34.6 Å². The van der Waals surface area contributed by atoms with E-state index in [1.165, 1.54) is 0 Å². The number of ether oxygens (including phenoxy) is 2. The Hall–Kier alpha value is -3.78. The van der Waals surface area contributed by atoms with Gasteiger partial charge in [0, 0.05) is 42.6 Å². The zero-order valence-corrected chi connectivity index (χ0v) is 16.0. The van der Waals surface area contributed by atoms with Gasteiger partial charge in [-0.15, -0.1) is 0 Å². The van der Waals surface area contributed by atoms with Gasteiger partial charge in [0.25, 0.3) is 0 Å². The number of Topliss-reactive ketones (excluding diaryl/α,β-unsaturated/α-hetero) is 1. The lowest BCUT2D eigenvalue weighted by Crippen LogP contribution is -2.17. The smallest absolute Gasteiger partial charge is 0.345 e. The SMILES string of the molecule is O=C1COC(C2=NC=CC(=Cc3c[nH]c4ncccc34)C=C2)=C1C(=O)OCCCO. The first kappa shape index (κ1) is 19.5. The summed E-state index contributed by atoms with van der Waals surface area (Å²) in [6, 6.07) is 3.86. The zero-order valence-electron chi connectivity index (χ0n) is 16.0. The van der Waals surface area contributed by atoms with E-state index < -0.39 is 11.8 Å². The number of nitrogens with zero attached hydrogens (tertiary/aromatic N) is 2. The van der Waals surface area contributed by atoms with Crippen LogP contribution in [0.3, 0.4) is 0 Å². The minimum absolute atomic E-state index is 0.0218. The van der Waals surface area contributed by atoms with Crippen LogP contribution in [0.2, 0.25) is 0 Å². The number of pyridine rings is 1. The van der Waals surface area contributed by atoms with Crippen molar-refractivity contribution in [3.8, 4) is 0 Å². The third kappa shape index (κ3) is 3.99. The number of fused-ring (bicyclic) bond motifs is 1. The van der Waals surface area contributed by atoms with Crippen molar-refractivity contribution in [2.24, 2.45) is 4.99 Å². The van der Waals surface area contributed by atoms with Crippen LogP contribution in [0.15, 0.2) is 70.9 Å². The Bertz CT molecular complexity index is 1150. The van der Waals surface area contributed by atoms with Crippen molar-refractivity contribution in [2.75, 3.05) is 19.8 Å². The fourth-order valence-electron chi connectivity index (χ4n) is 3.10. The van der Waals surface area contributed by atoms with Crippen LogP contribution in [0.4, 0.5) is 0 Å². The normalized spacial score (nSPS) is 17.4. The van der Waals surface area contributed by atoms with Gasteiger partial charge in [-0.3, -0.25) is 9.79 Å². The number of hydrogen-bond donors (Lipinski definition) is 2. The average Bonchev–Trinajstić information content (AvgIpc) is 3.25. The van der Waals surface area contributed by atoms with E-state index in [2.05, 4.69) is 15.0 Å². The summed E-state index contributed by atoms with van der Waals surface area (Å²) in [7, 11) is 0. The van der Waals surface area contributed by atoms with Crippen LogP contribution in [-0.2, 0) is 19.1 Å². The van der Waals surface area contributed by atoms with E-state index in [4.69, 9.17) is 14.6 Å². The molecule has 2 N–H and O–H groups in total. The van der Waals surface area contributed by atoms with Crippen LogP contribution in [0.1, 0.15) is 12.0 Å². The number of carbonyl (C=O) groups is 2. The van der Waals surface area contributed by atoms with Crippen molar-refractivity contribution in [2.45, 2.75) is 6.42 Å². The first-order valence-corrected chi connectivity index (χ1v) is 9.42. The summed E-state index contributed by atoms with van der Waals surface area (Å²) in [4.78, 5) is 36.1. The van der Waals surface area contributed by atoms with Gasteiger partial charge in [0.1, 0.15) is 11.4 Å². The first-order chi connectivity index (χ1) is 14.7. The number of hydrogen-bond acceptors (Lipinski definition) is 7. The molecule has 0 radical (unpaired) electrons. The topological polar surface area (TPSA) is 114 Å². The molecule has 8 heteroatoms. The number of ketones is 1. The predicted octanol–water partition coefficient (Wildman–Crippen LogP) is 2.25. The third-order valence-corrected chi connectivity index (χ3v) is 4.55. The Morgan fingerprint density at radius 3 is 3.10 bits per heavy atom. The first-order valence-electron chi connectivity index (χ1n) is 9.42. The molecule has 0 aliphatic carbocycles. The molecule has 2 aliphatic heterocycles. The van der Waals surface area contributed by atoms with Gasteiger partial charge < -0.3 is 19.6 Å². The number of aliphatic hydroxyl groups excluding tert-OH is 1. The van der Waals surface area contributed by atoms with Gasteiger partial charge in [0.05, 0.1) is 6.61 Å². The van der Waals surface area contributed by atoms with Gasteiger partial charge in [0.15, 0.2) is 17.9 Å². The van der Waals surface area contributed by atoms with E-state index in [0.29, 0.717) is 12.1 Å². The number of aromatic amines is 1. The lowest BCUT2D eigenvalue weighted by Gasteiger charge is -2.05. The number of nitrogens with one attached hydrogen (secondary N) is 1. The van der Waals surface area contributed by atoms with Gasteiger partial charge in [-0.25, -0.2) is 9.78 Å². The molecule has 4 heterocycles. The number of allylic oxidation sites excluding steroid dienone is 4. The van der Waals surface area contributed by atoms with Crippen LogP contribution in [0.25, 0.3) is 17.1 Å². The fraction of sp³-hybridized carbons (Fsp3) is 0.182. The average molecular weight is 405 g/mol. The highest BCUT2D eigenvalue weighted by atomic mass is 16.5. The third-order valence-electron chi connectivity index (χ3n) is 4.55. The van der Waals surface area contributed by atoms with Gasteiger partial charge in [-0.05, 0) is 35.9 Å². The molecule has 152 valence electrons. The molecule has 4 rings (SSSR count). The summed E-state index contributed by atoms with van der Waals surface area (Å²) >= 11 is 0. The Morgan fingerprint density at radius 1 is 1.33 bits per heavy atom. The standard InChI is InChI=1S/C22H19N3O5/c26-9-2-10-29-22(28)19-18(27)13-30-20(19)17-5-4-14(6-8-23-17)11-15-12-25-21-16(15)3-1-7-24-21/h1,3-8,11-12,26H,2,9-10,13H2,(H,24,25). The maximum absolute atomic E-state index is 12.3. The second-order valence-corrected chi connectivity index (χ2v) is 6.58. The summed E-state index contributed by atoms with van der Waals surface area (Å²) in [5.41, 5.74) is 2.85. The highest BCUT2D eigenvalue weighted by molar-refractivity contribution is 6.26. The van der Waals surface area contributed by atoms with Crippen LogP contribution in [0.5, 0.6) is 0 Å². The molecule has 2 aromatic rings. The van der Waals surface area contributed by atoms with E-state index in [1.54, 1.807) is 18.5 Å². The summed E-state index contributed by atoms with van der Waals surface area (Å²) < 4.78 is 10.5. The lowest BCUT2D eigenvalue weighted by molar-refractivity contribution is -0.140. The van der Waals surface area contributed by atoms with Crippen LogP contribution < -0.4 is 0 Å². The molecule has 0 spiro atoms. The molecule has 0 unspecified atom stereocenters. The maximum Gasteiger partial charge on any atom is 0.345 e. The van der Waals surface area contributed by atoms with E-state index in [0.717, 1.165) is 22.2 Å². The van der Waals surface area contributed by atoms with Gasteiger partial charge in [-0.2, -0.15) is 0 Å². The Labute approximate surface area is 171 Å². The van der Waals surface area contributed by atoms with E-state index in [1.807, 2.05) is 36.6 Å². The number of aromatic nitrogens is 2. The summed E-state index contributed by atoms with van der Waals surface area (Å²) in [6.07, 6.45) is 12.8. The molecule has 0 amide bonds. The largest absolute Gasteiger partial charge is 0.482 e. The number of carbonyl (C=O) groups excluding carboxylic acids is 2. The Balaban J connectivity index is 1.59. The lowest BCUT2D eigenvalue weighted by atomic mass is 10.1. The fourth-order valence-corrected chi connectivity index (χ4v) is 3.10. The minimum atomic E-state index is -0.771. The van der Waals surface area contributed by atoms with Crippen molar-refractivity contribution in [3.63, 3.8) is 0 Å². The highest BCUT2D eigenvalue weighted by Crippen LogP contribution is 2.23. The number of rotatable bonds is 6. The zero-order chi connectivity index (χ0) is 20.9. The van der Waals surface area contributed by atoms with E-state index in [-0.39, 0.29) is 31.2 Å². The monoisotopic (exact) mass is 405 g/mol. The minimum Gasteiger partial charge on any atom is -0.482 e. The Morgan fingerprint density at radius 2 is 2.23 bits per heavy atom. The molecule has 0 aromatic carbocycles. The van der Waals surface area contributed by atoms with Crippen molar-refractivity contribution in [1.29, 1.82) is 0 Å². The second kappa shape index (κ2) is 8.71. The molecular weight excluding hydrogens is 386 g/mol. The Kier molecular flexibility index (Phi) is 5.67. The summed E-state index contributed by atoms with van der Waals surface area (Å²) in [5.74, 6) is -1.12. The van der Waals surface area contributed by atoms with Gasteiger partial charge >= 0.3 is 5.97 Å². The molecule has 8 nitrogen and oxygen atoms in total. The van der Waals surface area contributed by atoms with Crippen molar-refractivity contribution < 1.29 is 24.2 Å². The number of aliphatic hydroxyl groups is 1. The maximum atomic E-state index is 12.3. The molecule has 0 atom stereocenters. The summed E-state index contributed by atoms with van der Waals surface area (Å²) in [5, 5.41) is 9.81. The number of H-pyrrole nitrogens is 1. The molecule has 2 aliphatic rings. The summed E-state index contributed by atoms with van der Waals surface area (Å²) in [6.45, 7) is -0.319. The molecule has 0 bridgehead atoms.